The van der Waals surface area contributed by atoms with Crippen LogP contribution in [-0.2, 0) is 11.8 Å². The summed E-state index contributed by atoms with van der Waals surface area (Å²) in [7, 11) is 1.84. The van der Waals surface area contributed by atoms with Crippen molar-refractivity contribution in [3.8, 4) is 0 Å². The highest BCUT2D eigenvalue weighted by atomic mass is 19.1. The second kappa shape index (κ2) is 6.74. The summed E-state index contributed by atoms with van der Waals surface area (Å²) in [5, 5.41) is 11.9. The van der Waals surface area contributed by atoms with Crippen LogP contribution in [0.25, 0.3) is 16.5 Å². The number of fused-ring (bicyclic) bond motifs is 3. The van der Waals surface area contributed by atoms with Crippen LogP contribution in [0.3, 0.4) is 0 Å². The van der Waals surface area contributed by atoms with Crippen molar-refractivity contribution >= 4 is 28.1 Å². The van der Waals surface area contributed by atoms with Gasteiger partial charge in [0.1, 0.15) is 5.82 Å². The summed E-state index contributed by atoms with van der Waals surface area (Å²) in [5.41, 5.74) is 3.28. The fourth-order valence-corrected chi connectivity index (χ4v) is 4.50. The standard InChI is InChI=1S/C23H22FN3O2/c1-25-19-10-9-15(24)13-17(19)20-18(22(28)26-11-5-6-12-26)14-27(23(29)21(20)25)16-7-3-2-4-8-16/h2-4,7-10,13-14,23,29H,5-6,11-12H2,1H3. The van der Waals surface area contributed by atoms with Gasteiger partial charge in [0, 0.05) is 48.5 Å². The van der Waals surface area contributed by atoms with Gasteiger partial charge in [0.2, 0.25) is 0 Å². The van der Waals surface area contributed by atoms with Crippen molar-refractivity contribution in [2.75, 3.05) is 18.0 Å². The number of anilines is 1. The number of aliphatic hydroxyl groups is 1. The van der Waals surface area contributed by atoms with Gasteiger partial charge >= 0.3 is 0 Å². The summed E-state index contributed by atoms with van der Waals surface area (Å²) >= 11 is 0. The van der Waals surface area contributed by atoms with E-state index in [1.807, 2.05) is 46.8 Å². The second-order valence-corrected chi connectivity index (χ2v) is 7.64. The number of hydrogen-bond donors (Lipinski definition) is 1. The Balaban J connectivity index is 1.76. The fourth-order valence-electron chi connectivity index (χ4n) is 4.50. The van der Waals surface area contributed by atoms with Crippen LogP contribution >= 0.6 is 0 Å². The topological polar surface area (TPSA) is 48.7 Å². The van der Waals surface area contributed by atoms with Gasteiger partial charge in [0.25, 0.3) is 5.91 Å². The monoisotopic (exact) mass is 391 g/mol. The molecule has 2 aromatic carbocycles. The zero-order chi connectivity index (χ0) is 20.1. The van der Waals surface area contributed by atoms with Crippen molar-refractivity contribution in [2.24, 2.45) is 7.05 Å². The van der Waals surface area contributed by atoms with E-state index in [4.69, 9.17) is 0 Å². The summed E-state index contributed by atoms with van der Waals surface area (Å²) in [6, 6.07) is 14.0. The maximum absolute atomic E-state index is 14.1. The van der Waals surface area contributed by atoms with E-state index in [2.05, 4.69) is 0 Å². The molecule has 2 aliphatic rings. The summed E-state index contributed by atoms with van der Waals surface area (Å²) in [5.74, 6) is -0.438. The van der Waals surface area contributed by atoms with E-state index in [0.717, 1.165) is 37.1 Å². The molecule has 5 rings (SSSR count). The average molecular weight is 391 g/mol. The van der Waals surface area contributed by atoms with Crippen LogP contribution in [0, 0.1) is 5.82 Å². The van der Waals surface area contributed by atoms with Crippen LogP contribution in [0.1, 0.15) is 30.3 Å². The van der Waals surface area contributed by atoms with Gasteiger partial charge in [-0.3, -0.25) is 4.79 Å². The third-order valence-electron chi connectivity index (χ3n) is 5.93. The number of aryl methyl sites for hydroxylation is 1. The van der Waals surface area contributed by atoms with E-state index in [1.54, 1.807) is 17.2 Å². The van der Waals surface area contributed by atoms with Gasteiger partial charge in [-0.15, -0.1) is 0 Å². The number of aromatic nitrogens is 1. The zero-order valence-electron chi connectivity index (χ0n) is 16.2. The van der Waals surface area contributed by atoms with Crippen LogP contribution in [0.5, 0.6) is 0 Å². The van der Waals surface area contributed by atoms with E-state index in [-0.39, 0.29) is 11.7 Å². The van der Waals surface area contributed by atoms with Crippen LogP contribution < -0.4 is 4.90 Å². The lowest BCUT2D eigenvalue weighted by atomic mass is 9.97. The Bertz CT molecular complexity index is 1130. The molecule has 2 aliphatic heterocycles. The van der Waals surface area contributed by atoms with Crippen LogP contribution in [0.2, 0.25) is 0 Å². The van der Waals surface area contributed by atoms with Gasteiger partial charge in [0.05, 0.1) is 11.3 Å². The van der Waals surface area contributed by atoms with E-state index in [0.29, 0.717) is 22.2 Å². The van der Waals surface area contributed by atoms with Gasteiger partial charge in [-0.05, 0) is 43.2 Å². The molecule has 29 heavy (non-hydrogen) atoms. The van der Waals surface area contributed by atoms with Crippen molar-refractivity contribution in [2.45, 2.75) is 19.1 Å². The number of carbonyl (C=O) groups is 1. The van der Waals surface area contributed by atoms with Crippen LogP contribution in [0.15, 0.2) is 54.7 Å². The second-order valence-electron chi connectivity index (χ2n) is 7.64. The predicted octanol–water partition coefficient (Wildman–Crippen LogP) is 3.79. The molecule has 3 aromatic rings. The molecule has 0 bridgehead atoms. The number of halogens is 1. The lowest BCUT2D eigenvalue weighted by Crippen LogP contribution is -2.34. The number of benzene rings is 2. The molecule has 0 spiro atoms. The number of likely N-dealkylation sites (tertiary alicyclic amines) is 1. The molecule has 3 heterocycles. The van der Waals surface area contributed by atoms with E-state index < -0.39 is 6.23 Å². The largest absolute Gasteiger partial charge is 0.368 e. The third kappa shape index (κ3) is 2.75. The van der Waals surface area contributed by atoms with Gasteiger partial charge in [-0.25, -0.2) is 4.39 Å². The quantitative estimate of drug-likeness (QED) is 0.723. The molecule has 6 heteroatoms. The maximum Gasteiger partial charge on any atom is 0.256 e. The van der Waals surface area contributed by atoms with Crippen molar-refractivity contribution in [3.05, 3.63) is 71.8 Å². The molecule has 1 aromatic heterocycles. The van der Waals surface area contributed by atoms with Crippen molar-refractivity contribution < 1.29 is 14.3 Å². The highest BCUT2D eigenvalue weighted by molar-refractivity contribution is 6.24. The molecule has 0 aliphatic carbocycles. The summed E-state index contributed by atoms with van der Waals surface area (Å²) in [4.78, 5) is 17.0. The molecule has 1 saturated heterocycles. The lowest BCUT2D eigenvalue weighted by Gasteiger charge is -2.33. The molecular formula is C23H22FN3O2. The normalized spacial score (nSPS) is 18.9. The fraction of sp³-hybridized carbons (Fsp3) is 0.261. The number of carbonyl (C=O) groups excluding carboxylic acids is 1. The SMILES string of the molecule is Cn1c2c(c3cc(F)ccc31)C(C(=O)N1CCCC1)=CN(c1ccccc1)C2O. The van der Waals surface area contributed by atoms with Crippen LogP contribution in [0.4, 0.5) is 10.1 Å². The number of rotatable bonds is 2. The number of hydrogen-bond acceptors (Lipinski definition) is 3. The maximum atomic E-state index is 14.1. The minimum atomic E-state index is -0.983. The molecule has 1 N–H and O–H groups in total. The Hall–Kier alpha value is -3.12. The van der Waals surface area contributed by atoms with Crippen molar-refractivity contribution in [1.29, 1.82) is 0 Å². The van der Waals surface area contributed by atoms with Gasteiger partial charge in [-0.2, -0.15) is 0 Å². The highest BCUT2D eigenvalue weighted by Gasteiger charge is 2.36. The van der Waals surface area contributed by atoms with Gasteiger partial charge in [-0.1, -0.05) is 18.2 Å². The summed E-state index contributed by atoms with van der Waals surface area (Å²) in [6.45, 7) is 1.44. The average Bonchev–Trinajstić information content (AvgIpc) is 3.36. The molecule has 0 saturated carbocycles. The van der Waals surface area contributed by atoms with E-state index in [1.165, 1.54) is 12.1 Å². The highest BCUT2D eigenvalue weighted by Crippen LogP contribution is 2.42. The van der Waals surface area contributed by atoms with Crippen LogP contribution in [-0.4, -0.2) is 33.6 Å². The molecule has 1 amide bonds. The molecule has 148 valence electrons. The number of aliphatic hydroxyl groups excluding tert-OH is 1. The Morgan fingerprint density at radius 3 is 2.55 bits per heavy atom. The lowest BCUT2D eigenvalue weighted by molar-refractivity contribution is -0.124. The first-order chi connectivity index (χ1) is 14.1. The number of amides is 1. The van der Waals surface area contributed by atoms with E-state index >= 15 is 0 Å². The Morgan fingerprint density at radius 1 is 1.10 bits per heavy atom. The predicted molar refractivity (Wildman–Crippen MR) is 111 cm³/mol. The summed E-state index contributed by atoms with van der Waals surface area (Å²) in [6.07, 6.45) is 2.71. The van der Waals surface area contributed by atoms with Crippen molar-refractivity contribution in [1.82, 2.24) is 9.47 Å². The Kier molecular flexibility index (Phi) is 4.17. The smallest absolute Gasteiger partial charge is 0.256 e. The molecule has 1 atom stereocenters. The summed E-state index contributed by atoms with van der Waals surface area (Å²) < 4.78 is 15.9. The Labute approximate surface area is 168 Å². The molecular weight excluding hydrogens is 369 g/mol. The molecule has 0 radical (unpaired) electrons. The molecule has 5 nitrogen and oxygen atoms in total. The molecule has 1 fully saturated rings. The first kappa shape index (κ1) is 17.9. The zero-order valence-corrected chi connectivity index (χ0v) is 16.2. The first-order valence-electron chi connectivity index (χ1n) is 9.87. The van der Waals surface area contributed by atoms with Gasteiger partial charge in [0.15, 0.2) is 6.23 Å². The first-order valence-corrected chi connectivity index (χ1v) is 9.87. The van der Waals surface area contributed by atoms with E-state index in [9.17, 15) is 14.3 Å². The molecule has 1 unspecified atom stereocenters. The minimum absolute atomic E-state index is 0.0756. The third-order valence-corrected chi connectivity index (χ3v) is 5.93. The Morgan fingerprint density at radius 2 is 1.83 bits per heavy atom. The van der Waals surface area contributed by atoms with Crippen molar-refractivity contribution in [3.63, 3.8) is 0 Å². The number of nitrogens with zero attached hydrogens (tertiary/aromatic N) is 3. The minimum Gasteiger partial charge on any atom is -0.368 e. The van der Waals surface area contributed by atoms with Gasteiger partial charge < -0.3 is 19.5 Å². The number of para-hydroxylation sites is 1.